The highest BCUT2D eigenvalue weighted by Gasteiger charge is 2.58. The quantitative estimate of drug-likeness (QED) is 0.916. The van der Waals surface area contributed by atoms with Gasteiger partial charge in [-0.05, 0) is 18.2 Å². The van der Waals surface area contributed by atoms with Gasteiger partial charge in [0.25, 0.3) is 5.91 Å². The second-order valence-electron chi connectivity index (χ2n) is 5.70. The van der Waals surface area contributed by atoms with E-state index in [2.05, 4.69) is 5.32 Å². The number of rotatable bonds is 3. The molecule has 0 unspecified atom stereocenters. The van der Waals surface area contributed by atoms with E-state index in [1.807, 2.05) is 24.3 Å². The molecule has 1 N–H and O–H groups in total. The Bertz CT molecular complexity index is 885. The molecule has 1 spiro atoms. The summed E-state index contributed by atoms with van der Waals surface area (Å²) >= 11 is 1.33. The summed E-state index contributed by atoms with van der Waals surface area (Å²) in [7, 11) is 3.09. The van der Waals surface area contributed by atoms with E-state index in [-0.39, 0.29) is 17.6 Å². The van der Waals surface area contributed by atoms with Gasteiger partial charge in [-0.1, -0.05) is 18.2 Å². The summed E-state index contributed by atoms with van der Waals surface area (Å²) in [5.74, 6) is 0.974. The standard InChI is InChI=1S/C18H16N2O4S/c1-23-14-8-7-11(9-15(14)24-2)20-16(21)10-25-18(20)12-5-3-4-6-13(12)19-17(18)22/h3-9H,10H2,1-2H3,(H,19,22)/t18-/m1/s1. The molecule has 2 aromatic carbocycles. The van der Waals surface area contributed by atoms with Crippen molar-refractivity contribution in [3.8, 4) is 11.5 Å². The molecule has 25 heavy (non-hydrogen) atoms. The maximum absolute atomic E-state index is 12.9. The Labute approximate surface area is 149 Å². The molecule has 0 bridgehead atoms. The third kappa shape index (κ3) is 2.12. The molecule has 1 saturated heterocycles. The normalized spacial score (nSPS) is 21.4. The smallest absolute Gasteiger partial charge is 0.266 e. The molecule has 6 nitrogen and oxygen atoms in total. The largest absolute Gasteiger partial charge is 0.493 e. The second kappa shape index (κ2) is 5.70. The molecule has 0 aliphatic carbocycles. The van der Waals surface area contributed by atoms with Gasteiger partial charge in [0, 0.05) is 23.0 Å². The topological polar surface area (TPSA) is 67.9 Å². The van der Waals surface area contributed by atoms with Crippen LogP contribution in [-0.2, 0) is 14.5 Å². The van der Waals surface area contributed by atoms with Gasteiger partial charge in [0.1, 0.15) is 0 Å². The van der Waals surface area contributed by atoms with Crippen molar-refractivity contribution in [2.45, 2.75) is 4.87 Å². The van der Waals surface area contributed by atoms with Crippen molar-refractivity contribution in [1.29, 1.82) is 0 Å². The molecule has 2 heterocycles. The van der Waals surface area contributed by atoms with Crippen molar-refractivity contribution in [2.75, 3.05) is 30.2 Å². The molecule has 1 atom stereocenters. The average Bonchev–Trinajstić information content (AvgIpc) is 3.13. The number of ether oxygens (including phenoxy) is 2. The number of carbonyl (C=O) groups excluding carboxylic acids is 2. The Hall–Kier alpha value is -2.67. The van der Waals surface area contributed by atoms with Gasteiger partial charge in [0.15, 0.2) is 11.5 Å². The van der Waals surface area contributed by atoms with Crippen LogP contribution >= 0.6 is 11.8 Å². The second-order valence-corrected chi connectivity index (χ2v) is 6.87. The fourth-order valence-electron chi connectivity index (χ4n) is 3.34. The van der Waals surface area contributed by atoms with Crippen molar-refractivity contribution in [3.05, 3.63) is 48.0 Å². The fraction of sp³-hybridized carbons (Fsp3) is 0.222. The Morgan fingerprint density at radius 2 is 1.84 bits per heavy atom. The Morgan fingerprint density at radius 1 is 1.08 bits per heavy atom. The number of carbonyl (C=O) groups is 2. The highest BCUT2D eigenvalue weighted by molar-refractivity contribution is 8.02. The molecule has 2 aromatic rings. The van der Waals surface area contributed by atoms with Gasteiger partial charge in [-0.15, -0.1) is 11.8 Å². The molecule has 1 fully saturated rings. The van der Waals surface area contributed by atoms with Crippen LogP contribution in [0.3, 0.4) is 0 Å². The summed E-state index contributed by atoms with van der Waals surface area (Å²) < 4.78 is 10.6. The van der Waals surface area contributed by atoms with Crippen LogP contribution in [0.15, 0.2) is 42.5 Å². The summed E-state index contributed by atoms with van der Waals surface area (Å²) in [6.07, 6.45) is 0. The number of anilines is 2. The molecule has 0 aromatic heterocycles. The van der Waals surface area contributed by atoms with Gasteiger partial charge < -0.3 is 14.8 Å². The first-order valence-corrected chi connectivity index (χ1v) is 8.70. The van der Waals surface area contributed by atoms with E-state index in [0.717, 1.165) is 11.3 Å². The third-order valence-electron chi connectivity index (χ3n) is 4.44. The number of thioether (sulfide) groups is 1. The number of nitrogens with zero attached hydrogens (tertiary/aromatic N) is 1. The van der Waals surface area contributed by atoms with E-state index in [0.29, 0.717) is 17.2 Å². The van der Waals surface area contributed by atoms with Crippen LogP contribution in [0.1, 0.15) is 5.56 Å². The minimum absolute atomic E-state index is 0.121. The number of benzene rings is 2. The van der Waals surface area contributed by atoms with E-state index in [1.165, 1.54) is 18.9 Å². The maximum atomic E-state index is 12.9. The molecule has 128 valence electrons. The zero-order valence-corrected chi connectivity index (χ0v) is 14.6. The molecular formula is C18H16N2O4S. The molecule has 0 radical (unpaired) electrons. The lowest BCUT2D eigenvalue weighted by molar-refractivity contribution is -0.122. The van der Waals surface area contributed by atoms with Gasteiger partial charge in [0.2, 0.25) is 10.8 Å². The fourth-order valence-corrected chi connectivity index (χ4v) is 4.66. The monoisotopic (exact) mass is 356 g/mol. The van der Waals surface area contributed by atoms with Gasteiger partial charge in [-0.25, -0.2) is 0 Å². The zero-order chi connectivity index (χ0) is 17.6. The molecule has 4 rings (SSSR count). The van der Waals surface area contributed by atoms with Crippen LogP contribution in [0, 0.1) is 0 Å². The first kappa shape index (κ1) is 15.8. The maximum Gasteiger partial charge on any atom is 0.266 e. The van der Waals surface area contributed by atoms with Crippen molar-refractivity contribution in [2.24, 2.45) is 0 Å². The van der Waals surface area contributed by atoms with Crippen molar-refractivity contribution in [1.82, 2.24) is 0 Å². The number of hydrogen-bond acceptors (Lipinski definition) is 5. The third-order valence-corrected chi connectivity index (χ3v) is 5.84. The van der Waals surface area contributed by atoms with Crippen LogP contribution in [-0.4, -0.2) is 31.8 Å². The van der Waals surface area contributed by atoms with E-state index in [4.69, 9.17) is 9.47 Å². The van der Waals surface area contributed by atoms with Gasteiger partial charge in [0.05, 0.1) is 20.0 Å². The van der Waals surface area contributed by atoms with Gasteiger partial charge >= 0.3 is 0 Å². The summed E-state index contributed by atoms with van der Waals surface area (Å²) in [5, 5.41) is 2.89. The molecule has 7 heteroatoms. The highest BCUT2D eigenvalue weighted by Crippen LogP contribution is 2.54. The first-order valence-electron chi connectivity index (χ1n) is 7.72. The van der Waals surface area contributed by atoms with Crippen LogP contribution in [0.2, 0.25) is 0 Å². The number of methoxy groups -OCH3 is 2. The average molecular weight is 356 g/mol. The molecule has 0 saturated carbocycles. The number of fused-ring (bicyclic) bond motifs is 2. The SMILES string of the molecule is COc1ccc(N2C(=O)CS[C@]23C(=O)Nc2ccccc23)cc1OC. The van der Waals surface area contributed by atoms with E-state index >= 15 is 0 Å². The number of nitrogens with one attached hydrogen (secondary N) is 1. The van der Waals surface area contributed by atoms with Crippen molar-refractivity contribution < 1.29 is 19.1 Å². The van der Waals surface area contributed by atoms with Crippen LogP contribution in [0.4, 0.5) is 11.4 Å². The summed E-state index contributed by atoms with van der Waals surface area (Å²) in [6, 6.07) is 12.7. The van der Waals surface area contributed by atoms with Gasteiger partial charge in [-0.3, -0.25) is 14.5 Å². The van der Waals surface area contributed by atoms with Crippen molar-refractivity contribution in [3.63, 3.8) is 0 Å². The molecule has 2 aliphatic rings. The summed E-state index contributed by atoms with van der Waals surface area (Å²) in [5.41, 5.74) is 2.13. The molecule has 2 aliphatic heterocycles. The Kier molecular flexibility index (Phi) is 3.61. The van der Waals surface area contributed by atoms with Crippen molar-refractivity contribution >= 4 is 35.0 Å². The van der Waals surface area contributed by atoms with Gasteiger partial charge in [-0.2, -0.15) is 0 Å². The zero-order valence-electron chi connectivity index (χ0n) is 13.7. The molecular weight excluding hydrogens is 340 g/mol. The number of para-hydroxylation sites is 1. The first-order chi connectivity index (χ1) is 12.1. The van der Waals surface area contributed by atoms with Crippen LogP contribution in [0.5, 0.6) is 11.5 Å². The highest BCUT2D eigenvalue weighted by atomic mass is 32.2. The number of amides is 2. The summed E-state index contributed by atoms with van der Waals surface area (Å²) in [6.45, 7) is 0. The predicted octanol–water partition coefficient (Wildman–Crippen LogP) is 2.59. The molecule has 2 amide bonds. The predicted molar refractivity (Wildman–Crippen MR) is 96.2 cm³/mol. The minimum atomic E-state index is -1.09. The lowest BCUT2D eigenvalue weighted by Gasteiger charge is -2.32. The Morgan fingerprint density at radius 3 is 2.60 bits per heavy atom. The summed E-state index contributed by atoms with van der Waals surface area (Å²) in [4.78, 5) is 26.0. The van der Waals surface area contributed by atoms with E-state index in [9.17, 15) is 9.59 Å². The Balaban J connectivity index is 1.89. The lowest BCUT2D eigenvalue weighted by Crippen LogP contribution is -2.47. The van der Waals surface area contributed by atoms with Crippen LogP contribution < -0.4 is 19.7 Å². The lowest BCUT2D eigenvalue weighted by atomic mass is 10.0. The van der Waals surface area contributed by atoms with E-state index in [1.54, 1.807) is 30.2 Å². The number of hydrogen-bond donors (Lipinski definition) is 1. The van der Waals surface area contributed by atoms with Crippen LogP contribution in [0.25, 0.3) is 0 Å². The minimum Gasteiger partial charge on any atom is -0.493 e. The van der Waals surface area contributed by atoms with E-state index < -0.39 is 4.87 Å².